The summed E-state index contributed by atoms with van der Waals surface area (Å²) >= 11 is 6.10. The molecule has 2 saturated heterocycles. The molecule has 3 N–H and O–H groups in total. The number of anilines is 2. The van der Waals surface area contributed by atoms with E-state index in [1.54, 1.807) is 4.90 Å². The van der Waals surface area contributed by atoms with Gasteiger partial charge in [-0.2, -0.15) is 0 Å². The standard InChI is InChI=1S/C23H29ClN4O/c24-20-4-3-5-22(16-20)28-14-12-27(13-15-28)18-23(29)25-21-8-6-19(7-9-21)17-26-10-1-2-11-26/h3-9,16H,1-2,10-15,17-18H2,(H,25,29)/p+2. The SMILES string of the molecule is O=C(C[NH+]1CCN(c2cccc(Cl)c2)CC1)Nc1ccc(C[NH+]2CCCC2)cc1. The molecule has 2 aromatic carbocycles. The van der Waals surface area contributed by atoms with Crippen molar-refractivity contribution in [3.63, 3.8) is 0 Å². The minimum atomic E-state index is 0.0918. The fourth-order valence-electron chi connectivity index (χ4n) is 4.41. The Kier molecular flexibility index (Phi) is 6.70. The van der Waals surface area contributed by atoms with Gasteiger partial charge in [0.1, 0.15) is 6.54 Å². The van der Waals surface area contributed by atoms with Crippen LogP contribution in [0.25, 0.3) is 0 Å². The molecule has 154 valence electrons. The van der Waals surface area contributed by atoms with Crippen LogP contribution in [0.4, 0.5) is 11.4 Å². The molecular formula is C23H31ClN4O+2. The first-order chi connectivity index (χ1) is 14.2. The first kappa shape index (κ1) is 20.2. The predicted octanol–water partition coefficient (Wildman–Crippen LogP) is 0.862. The molecule has 0 aliphatic carbocycles. The van der Waals surface area contributed by atoms with Gasteiger partial charge in [-0.3, -0.25) is 4.79 Å². The van der Waals surface area contributed by atoms with Crippen LogP contribution in [0.3, 0.4) is 0 Å². The van der Waals surface area contributed by atoms with E-state index in [0.717, 1.165) is 49.1 Å². The number of carbonyl (C=O) groups excluding carboxylic acids is 1. The molecule has 2 aliphatic heterocycles. The van der Waals surface area contributed by atoms with Crippen LogP contribution in [0.15, 0.2) is 48.5 Å². The molecule has 0 radical (unpaired) electrons. The molecule has 2 heterocycles. The second-order valence-electron chi connectivity index (χ2n) is 8.27. The third-order valence-corrected chi connectivity index (χ3v) is 6.29. The van der Waals surface area contributed by atoms with Crippen molar-refractivity contribution in [1.29, 1.82) is 0 Å². The van der Waals surface area contributed by atoms with Crippen LogP contribution in [-0.2, 0) is 11.3 Å². The summed E-state index contributed by atoms with van der Waals surface area (Å²) in [6.07, 6.45) is 2.69. The number of benzene rings is 2. The quantitative estimate of drug-likeness (QED) is 0.656. The van der Waals surface area contributed by atoms with E-state index in [1.165, 1.54) is 36.4 Å². The first-order valence-electron chi connectivity index (χ1n) is 10.7. The largest absolute Gasteiger partial charge is 0.360 e. The van der Waals surface area contributed by atoms with E-state index in [1.807, 2.05) is 30.3 Å². The summed E-state index contributed by atoms with van der Waals surface area (Å²) in [5.41, 5.74) is 3.41. The van der Waals surface area contributed by atoms with Gasteiger partial charge < -0.3 is 20.0 Å². The molecule has 1 amide bonds. The second kappa shape index (κ2) is 9.61. The van der Waals surface area contributed by atoms with Crippen LogP contribution >= 0.6 is 11.6 Å². The van der Waals surface area contributed by atoms with Crippen molar-refractivity contribution in [3.05, 3.63) is 59.1 Å². The van der Waals surface area contributed by atoms with Crippen LogP contribution in [-0.4, -0.2) is 51.7 Å². The average Bonchev–Trinajstić information content (AvgIpc) is 3.23. The zero-order valence-corrected chi connectivity index (χ0v) is 17.7. The highest BCUT2D eigenvalue weighted by Gasteiger charge is 2.22. The third-order valence-electron chi connectivity index (χ3n) is 6.06. The molecule has 2 aliphatic rings. The minimum absolute atomic E-state index is 0.0918. The zero-order chi connectivity index (χ0) is 20.1. The number of carbonyl (C=O) groups is 1. The van der Waals surface area contributed by atoms with Gasteiger partial charge in [-0.25, -0.2) is 0 Å². The summed E-state index contributed by atoms with van der Waals surface area (Å²) in [5, 5.41) is 3.83. The van der Waals surface area contributed by atoms with Crippen LogP contribution < -0.4 is 20.0 Å². The van der Waals surface area contributed by atoms with Crippen LogP contribution in [0.5, 0.6) is 0 Å². The van der Waals surface area contributed by atoms with E-state index in [0.29, 0.717) is 6.54 Å². The summed E-state index contributed by atoms with van der Waals surface area (Å²) in [4.78, 5) is 17.8. The molecule has 2 aromatic rings. The minimum Gasteiger partial charge on any atom is -0.360 e. The number of halogens is 1. The Hall–Kier alpha value is -2.08. The molecule has 0 unspecified atom stereocenters. The van der Waals surface area contributed by atoms with E-state index in [4.69, 9.17) is 11.6 Å². The smallest absolute Gasteiger partial charge is 0.279 e. The molecular weight excluding hydrogens is 384 g/mol. The van der Waals surface area contributed by atoms with Gasteiger partial charge in [0.2, 0.25) is 0 Å². The van der Waals surface area contributed by atoms with Gasteiger partial charge >= 0.3 is 0 Å². The molecule has 0 spiro atoms. The summed E-state index contributed by atoms with van der Waals surface area (Å²) in [6.45, 7) is 7.97. The highest BCUT2D eigenvalue weighted by molar-refractivity contribution is 6.30. The van der Waals surface area contributed by atoms with Crippen LogP contribution in [0.2, 0.25) is 5.02 Å². The average molecular weight is 415 g/mol. The summed E-state index contributed by atoms with van der Waals surface area (Å²) < 4.78 is 0. The number of likely N-dealkylation sites (tertiary alicyclic amines) is 1. The maximum atomic E-state index is 12.5. The van der Waals surface area contributed by atoms with Crippen LogP contribution in [0, 0.1) is 0 Å². The molecule has 0 aromatic heterocycles. The molecule has 4 rings (SSSR count). The van der Waals surface area contributed by atoms with Crippen molar-refractivity contribution in [2.75, 3.05) is 56.0 Å². The summed E-state index contributed by atoms with van der Waals surface area (Å²) in [5.74, 6) is 0.0918. The van der Waals surface area contributed by atoms with Crippen molar-refractivity contribution in [2.45, 2.75) is 19.4 Å². The monoisotopic (exact) mass is 414 g/mol. The number of nitrogens with zero attached hydrogens (tertiary/aromatic N) is 1. The Labute approximate surface area is 178 Å². The number of nitrogens with one attached hydrogen (secondary N) is 3. The fraction of sp³-hybridized carbons (Fsp3) is 0.435. The number of amides is 1. The molecule has 0 atom stereocenters. The normalized spacial score (nSPS) is 18.2. The van der Waals surface area contributed by atoms with Crippen LogP contribution in [0.1, 0.15) is 18.4 Å². The van der Waals surface area contributed by atoms with E-state index in [2.05, 4.69) is 28.4 Å². The molecule has 29 heavy (non-hydrogen) atoms. The lowest BCUT2D eigenvalue weighted by Crippen LogP contribution is -3.15. The number of piperazine rings is 1. The van der Waals surface area contributed by atoms with Crippen molar-refractivity contribution < 1.29 is 14.6 Å². The Balaban J connectivity index is 1.22. The topological polar surface area (TPSA) is 41.2 Å². The van der Waals surface area contributed by atoms with E-state index in [-0.39, 0.29) is 5.91 Å². The van der Waals surface area contributed by atoms with E-state index in [9.17, 15) is 4.79 Å². The Morgan fingerprint density at radius 3 is 2.38 bits per heavy atom. The molecule has 2 fully saturated rings. The van der Waals surface area contributed by atoms with Crippen molar-refractivity contribution in [1.82, 2.24) is 0 Å². The van der Waals surface area contributed by atoms with Gasteiger partial charge in [-0.15, -0.1) is 0 Å². The van der Waals surface area contributed by atoms with E-state index < -0.39 is 0 Å². The van der Waals surface area contributed by atoms with E-state index >= 15 is 0 Å². The van der Waals surface area contributed by atoms with Gasteiger partial charge in [0.05, 0.1) is 39.3 Å². The number of hydrogen-bond acceptors (Lipinski definition) is 2. The molecule has 5 nitrogen and oxygen atoms in total. The molecule has 0 bridgehead atoms. The fourth-order valence-corrected chi connectivity index (χ4v) is 4.59. The zero-order valence-electron chi connectivity index (χ0n) is 16.9. The van der Waals surface area contributed by atoms with Crippen molar-refractivity contribution >= 4 is 28.9 Å². The maximum Gasteiger partial charge on any atom is 0.279 e. The maximum absolute atomic E-state index is 12.5. The molecule has 0 saturated carbocycles. The summed E-state index contributed by atoms with van der Waals surface area (Å²) in [6, 6.07) is 16.4. The van der Waals surface area contributed by atoms with Gasteiger partial charge in [-0.1, -0.05) is 29.8 Å². The second-order valence-corrected chi connectivity index (χ2v) is 8.71. The number of hydrogen-bond donors (Lipinski definition) is 3. The lowest BCUT2D eigenvalue weighted by Gasteiger charge is -2.33. The lowest BCUT2D eigenvalue weighted by atomic mass is 10.2. The van der Waals surface area contributed by atoms with Gasteiger partial charge in [-0.05, 0) is 30.3 Å². The Morgan fingerprint density at radius 2 is 1.69 bits per heavy atom. The predicted molar refractivity (Wildman–Crippen MR) is 118 cm³/mol. The van der Waals surface area contributed by atoms with Gasteiger partial charge in [0, 0.05) is 34.8 Å². The van der Waals surface area contributed by atoms with Gasteiger partial charge in [0.15, 0.2) is 6.54 Å². The summed E-state index contributed by atoms with van der Waals surface area (Å²) in [7, 11) is 0. The van der Waals surface area contributed by atoms with Crippen molar-refractivity contribution in [3.8, 4) is 0 Å². The lowest BCUT2D eigenvalue weighted by molar-refractivity contribution is -0.901. The first-order valence-corrected chi connectivity index (χ1v) is 11.1. The third kappa shape index (κ3) is 5.72. The van der Waals surface area contributed by atoms with Crippen molar-refractivity contribution in [2.24, 2.45) is 0 Å². The number of rotatable bonds is 6. The van der Waals surface area contributed by atoms with Gasteiger partial charge in [0.25, 0.3) is 5.91 Å². The highest BCUT2D eigenvalue weighted by Crippen LogP contribution is 2.19. The molecule has 6 heteroatoms. The number of quaternary nitrogens is 2. The Bertz CT molecular complexity index is 812. The Morgan fingerprint density at radius 1 is 0.966 bits per heavy atom. The highest BCUT2D eigenvalue weighted by atomic mass is 35.5.